The van der Waals surface area contributed by atoms with Gasteiger partial charge >= 0.3 is 0 Å². The third-order valence-electron chi connectivity index (χ3n) is 2.84. The molecule has 0 saturated carbocycles. The predicted molar refractivity (Wildman–Crippen MR) is 65.9 cm³/mol. The largest absolute Gasteiger partial charge is 0.389 e. The first-order valence-corrected chi connectivity index (χ1v) is 6.59. The molecule has 0 aliphatic heterocycles. The molecule has 1 atom stereocenters. The van der Waals surface area contributed by atoms with Crippen LogP contribution in [0.5, 0.6) is 0 Å². The molecule has 0 bridgehead atoms. The molecule has 0 spiro atoms. The molecule has 1 aromatic rings. The van der Waals surface area contributed by atoms with Gasteiger partial charge in [0.15, 0.2) is 0 Å². The van der Waals surface area contributed by atoms with Crippen LogP contribution < -0.4 is 5.32 Å². The maximum atomic E-state index is 9.46. The molecule has 1 aromatic heterocycles. The first-order valence-electron chi connectivity index (χ1n) is 5.77. The monoisotopic (exact) mass is 241 g/mol. The number of fused-ring (bicyclic) bond motifs is 1. The molecule has 2 rings (SSSR count). The summed E-state index contributed by atoms with van der Waals surface area (Å²) in [5.41, 5.74) is 1.54. The minimum atomic E-state index is -0.406. The zero-order valence-corrected chi connectivity index (χ0v) is 10.5. The lowest BCUT2D eigenvalue weighted by atomic mass is 10.2. The molecule has 0 fully saturated rings. The van der Waals surface area contributed by atoms with Crippen molar-refractivity contribution in [2.24, 2.45) is 0 Å². The highest BCUT2D eigenvalue weighted by Gasteiger charge is 2.14. The van der Waals surface area contributed by atoms with Crippen molar-refractivity contribution in [3.8, 4) is 0 Å². The van der Waals surface area contributed by atoms with Crippen molar-refractivity contribution in [3.05, 3.63) is 21.4 Å². The molecule has 0 saturated heterocycles. The van der Waals surface area contributed by atoms with E-state index in [1.54, 1.807) is 17.6 Å². The molecule has 1 unspecified atom stereocenters. The number of aryl methyl sites for hydroxylation is 2. The number of methoxy groups -OCH3 is 1. The number of hydrogen-bond acceptors (Lipinski definition) is 4. The molecular weight excluding hydrogens is 222 g/mol. The van der Waals surface area contributed by atoms with Gasteiger partial charge in [0.2, 0.25) is 0 Å². The summed E-state index contributed by atoms with van der Waals surface area (Å²) in [7, 11) is 1.60. The van der Waals surface area contributed by atoms with Crippen LogP contribution in [0.2, 0.25) is 0 Å². The molecular formula is C12H19NO2S. The highest BCUT2D eigenvalue weighted by Crippen LogP contribution is 2.30. The predicted octanol–water partition coefficient (Wildman–Crippen LogP) is 1.33. The van der Waals surface area contributed by atoms with E-state index < -0.39 is 6.10 Å². The summed E-state index contributed by atoms with van der Waals surface area (Å²) in [6.45, 7) is 1.85. The summed E-state index contributed by atoms with van der Waals surface area (Å²) >= 11 is 1.91. The lowest BCUT2D eigenvalue weighted by molar-refractivity contribution is 0.0644. The van der Waals surface area contributed by atoms with Crippen molar-refractivity contribution in [2.75, 3.05) is 20.3 Å². The lowest BCUT2D eigenvalue weighted by Crippen LogP contribution is -2.29. The third kappa shape index (κ3) is 3.04. The fraction of sp³-hybridized carbons (Fsp3) is 0.667. The number of nitrogens with one attached hydrogen (secondary N) is 1. The van der Waals surface area contributed by atoms with Crippen molar-refractivity contribution in [3.63, 3.8) is 0 Å². The second-order valence-corrected chi connectivity index (χ2v) is 5.48. The Hall–Kier alpha value is -0.420. The Balaban J connectivity index is 1.73. The smallest absolute Gasteiger partial charge is 0.0897 e. The molecule has 4 heteroatoms. The molecule has 0 amide bonds. The number of thiophene rings is 1. The average molecular weight is 241 g/mol. The number of ether oxygens (including phenoxy) is 1. The van der Waals surface area contributed by atoms with E-state index in [-0.39, 0.29) is 0 Å². The van der Waals surface area contributed by atoms with E-state index in [0.717, 1.165) is 6.54 Å². The van der Waals surface area contributed by atoms with Crippen LogP contribution in [0, 0.1) is 0 Å². The van der Waals surface area contributed by atoms with Crippen LogP contribution in [0.15, 0.2) is 6.07 Å². The quantitative estimate of drug-likeness (QED) is 0.789. The molecule has 3 nitrogen and oxygen atoms in total. The number of aliphatic hydroxyl groups excluding tert-OH is 1. The minimum Gasteiger partial charge on any atom is -0.389 e. The third-order valence-corrected chi connectivity index (χ3v) is 4.07. The maximum absolute atomic E-state index is 9.46. The zero-order chi connectivity index (χ0) is 11.4. The summed E-state index contributed by atoms with van der Waals surface area (Å²) in [4.78, 5) is 2.95. The highest BCUT2D eigenvalue weighted by molar-refractivity contribution is 7.12. The number of rotatable bonds is 6. The van der Waals surface area contributed by atoms with E-state index >= 15 is 0 Å². The van der Waals surface area contributed by atoms with E-state index in [4.69, 9.17) is 4.74 Å². The van der Waals surface area contributed by atoms with Crippen LogP contribution in [0.25, 0.3) is 0 Å². The molecule has 1 aliphatic carbocycles. The summed E-state index contributed by atoms with van der Waals surface area (Å²) < 4.78 is 4.87. The molecule has 1 heterocycles. The van der Waals surface area contributed by atoms with Crippen LogP contribution in [0.4, 0.5) is 0 Å². The van der Waals surface area contributed by atoms with E-state index in [1.807, 2.05) is 11.3 Å². The Labute approximate surface area is 100 Å². The molecule has 1 aliphatic rings. The van der Waals surface area contributed by atoms with E-state index in [2.05, 4.69) is 11.4 Å². The van der Waals surface area contributed by atoms with Crippen LogP contribution in [-0.2, 0) is 24.1 Å². The van der Waals surface area contributed by atoms with E-state index in [0.29, 0.717) is 13.2 Å². The van der Waals surface area contributed by atoms with Crippen molar-refractivity contribution in [2.45, 2.75) is 31.9 Å². The average Bonchev–Trinajstić information content (AvgIpc) is 2.78. The Morgan fingerprint density at radius 2 is 2.44 bits per heavy atom. The fourth-order valence-electron chi connectivity index (χ4n) is 2.09. The van der Waals surface area contributed by atoms with Gasteiger partial charge in [0.25, 0.3) is 0 Å². The van der Waals surface area contributed by atoms with Crippen LogP contribution >= 0.6 is 11.3 Å². The minimum absolute atomic E-state index is 0.397. The van der Waals surface area contributed by atoms with Gasteiger partial charge in [-0.2, -0.15) is 0 Å². The second-order valence-electron chi connectivity index (χ2n) is 4.25. The topological polar surface area (TPSA) is 41.5 Å². The second kappa shape index (κ2) is 5.77. The van der Waals surface area contributed by atoms with Gasteiger partial charge in [-0.05, 0) is 30.9 Å². The van der Waals surface area contributed by atoms with Gasteiger partial charge in [0.05, 0.1) is 12.7 Å². The molecule has 16 heavy (non-hydrogen) atoms. The van der Waals surface area contributed by atoms with Crippen molar-refractivity contribution in [1.82, 2.24) is 5.32 Å². The van der Waals surface area contributed by atoms with Crippen LogP contribution in [0.1, 0.15) is 21.7 Å². The first kappa shape index (κ1) is 12.0. The van der Waals surface area contributed by atoms with Gasteiger partial charge in [-0.3, -0.25) is 0 Å². The summed E-state index contributed by atoms with van der Waals surface area (Å²) in [6, 6.07) is 2.31. The molecule has 90 valence electrons. The summed E-state index contributed by atoms with van der Waals surface area (Å²) in [5, 5.41) is 12.7. The van der Waals surface area contributed by atoms with Crippen molar-refractivity contribution < 1.29 is 9.84 Å². The Morgan fingerprint density at radius 1 is 1.56 bits per heavy atom. The van der Waals surface area contributed by atoms with Gasteiger partial charge in [0.1, 0.15) is 0 Å². The zero-order valence-electron chi connectivity index (χ0n) is 9.66. The van der Waals surface area contributed by atoms with Gasteiger partial charge in [-0.15, -0.1) is 11.3 Å². The summed E-state index contributed by atoms with van der Waals surface area (Å²) in [5.74, 6) is 0. The van der Waals surface area contributed by atoms with Crippen LogP contribution in [0.3, 0.4) is 0 Å². The standard InChI is InChI=1S/C12H19NO2S/c1-15-8-10(14)6-13-7-11-5-9-3-2-4-12(9)16-11/h5,10,13-14H,2-4,6-8H2,1H3. The first-order chi connectivity index (χ1) is 7.79. The fourth-order valence-corrected chi connectivity index (χ4v) is 3.32. The number of hydrogen-bond donors (Lipinski definition) is 2. The Bertz CT molecular complexity index is 316. The van der Waals surface area contributed by atoms with Crippen molar-refractivity contribution in [1.29, 1.82) is 0 Å². The Kier molecular flexibility index (Phi) is 4.35. The normalized spacial score (nSPS) is 16.4. The Morgan fingerprint density at radius 3 is 3.19 bits per heavy atom. The van der Waals surface area contributed by atoms with Gasteiger partial charge in [0, 0.05) is 30.0 Å². The number of aliphatic hydroxyl groups is 1. The van der Waals surface area contributed by atoms with Crippen molar-refractivity contribution >= 4 is 11.3 Å². The summed E-state index contributed by atoms with van der Waals surface area (Å²) in [6.07, 6.45) is 3.42. The molecule has 0 radical (unpaired) electrons. The highest BCUT2D eigenvalue weighted by atomic mass is 32.1. The lowest BCUT2D eigenvalue weighted by Gasteiger charge is -2.09. The van der Waals surface area contributed by atoms with E-state index in [9.17, 15) is 5.11 Å². The van der Waals surface area contributed by atoms with Crippen LogP contribution in [-0.4, -0.2) is 31.5 Å². The molecule has 2 N–H and O–H groups in total. The van der Waals surface area contributed by atoms with E-state index in [1.165, 1.54) is 24.1 Å². The molecule has 0 aromatic carbocycles. The van der Waals surface area contributed by atoms with Gasteiger partial charge < -0.3 is 15.2 Å². The SMILES string of the molecule is COCC(O)CNCc1cc2c(s1)CCC2. The van der Waals surface area contributed by atoms with Gasteiger partial charge in [-0.1, -0.05) is 0 Å². The van der Waals surface area contributed by atoms with Gasteiger partial charge in [-0.25, -0.2) is 0 Å². The maximum Gasteiger partial charge on any atom is 0.0897 e.